The van der Waals surface area contributed by atoms with Crippen LogP contribution in [0.1, 0.15) is 42.6 Å². The average Bonchev–Trinajstić information content (AvgIpc) is 2.72. The van der Waals surface area contributed by atoms with Gasteiger partial charge in [0.05, 0.1) is 5.56 Å². The van der Waals surface area contributed by atoms with Gasteiger partial charge < -0.3 is 9.73 Å². The van der Waals surface area contributed by atoms with Crippen LogP contribution in [0.25, 0.3) is 0 Å². The maximum atomic E-state index is 12.2. The smallest absolute Gasteiger partial charge is 0.259 e. The van der Waals surface area contributed by atoms with E-state index in [-0.39, 0.29) is 11.3 Å². The van der Waals surface area contributed by atoms with Crippen molar-refractivity contribution in [3.05, 3.63) is 53.5 Å². The van der Waals surface area contributed by atoms with Crippen LogP contribution in [-0.2, 0) is 5.41 Å². The summed E-state index contributed by atoms with van der Waals surface area (Å²) >= 11 is 0. The van der Waals surface area contributed by atoms with E-state index in [0.717, 1.165) is 11.4 Å². The van der Waals surface area contributed by atoms with Crippen LogP contribution in [0, 0.1) is 6.92 Å². The van der Waals surface area contributed by atoms with Crippen molar-refractivity contribution in [2.24, 2.45) is 0 Å². The highest BCUT2D eigenvalue weighted by atomic mass is 16.3. The lowest BCUT2D eigenvalue weighted by molar-refractivity contribution is 0.102. The van der Waals surface area contributed by atoms with E-state index in [2.05, 4.69) is 26.1 Å². The van der Waals surface area contributed by atoms with Crippen molar-refractivity contribution in [3.63, 3.8) is 0 Å². The number of para-hydroxylation sites is 1. The second kappa shape index (κ2) is 4.92. The molecule has 0 bridgehead atoms. The van der Waals surface area contributed by atoms with Crippen molar-refractivity contribution in [3.8, 4) is 0 Å². The summed E-state index contributed by atoms with van der Waals surface area (Å²) in [7, 11) is 0. The maximum absolute atomic E-state index is 12.2. The number of benzene rings is 1. The summed E-state index contributed by atoms with van der Waals surface area (Å²) in [5.41, 5.74) is 1.27. The molecule has 1 aromatic heterocycles. The lowest BCUT2D eigenvalue weighted by atomic mass is 9.93. The van der Waals surface area contributed by atoms with E-state index in [0.29, 0.717) is 11.3 Å². The highest BCUT2D eigenvalue weighted by molar-refractivity contribution is 6.05. The fraction of sp³-hybridized carbons (Fsp3) is 0.312. The third-order valence-corrected chi connectivity index (χ3v) is 2.93. The number of amides is 1. The van der Waals surface area contributed by atoms with Crippen LogP contribution in [0.3, 0.4) is 0 Å². The molecule has 2 rings (SSSR count). The van der Waals surface area contributed by atoms with Crippen LogP contribution >= 0.6 is 0 Å². The summed E-state index contributed by atoms with van der Waals surface area (Å²) in [6, 6.07) is 11.2. The number of rotatable bonds is 2. The molecule has 0 spiro atoms. The zero-order valence-electron chi connectivity index (χ0n) is 11.8. The van der Waals surface area contributed by atoms with Gasteiger partial charge in [0, 0.05) is 11.1 Å². The summed E-state index contributed by atoms with van der Waals surface area (Å²) in [6.45, 7) is 7.99. The normalized spacial score (nSPS) is 11.4. The van der Waals surface area contributed by atoms with E-state index in [1.54, 1.807) is 0 Å². The van der Waals surface area contributed by atoms with Crippen molar-refractivity contribution in [2.45, 2.75) is 33.1 Å². The Morgan fingerprint density at radius 1 is 1.16 bits per heavy atom. The van der Waals surface area contributed by atoms with Gasteiger partial charge in [-0.3, -0.25) is 4.79 Å². The molecule has 100 valence electrons. The van der Waals surface area contributed by atoms with Gasteiger partial charge in [-0.2, -0.15) is 0 Å². The molecule has 1 N–H and O–H groups in total. The molecule has 0 saturated carbocycles. The predicted molar refractivity (Wildman–Crippen MR) is 76.5 cm³/mol. The molecule has 1 aromatic carbocycles. The Balaban J connectivity index is 2.23. The number of hydrogen-bond acceptors (Lipinski definition) is 2. The van der Waals surface area contributed by atoms with Gasteiger partial charge in [-0.05, 0) is 25.1 Å². The van der Waals surface area contributed by atoms with Crippen LogP contribution in [-0.4, -0.2) is 5.91 Å². The van der Waals surface area contributed by atoms with E-state index in [4.69, 9.17) is 4.42 Å². The molecule has 0 radical (unpaired) electrons. The zero-order valence-corrected chi connectivity index (χ0v) is 11.8. The maximum Gasteiger partial charge on any atom is 0.259 e. The Morgan fingerprint density at radius 3 is 2.32 bits per heavy atom. The van der Waals surface area contributed by atoms with Gasteiger partial charge in [-0.15, -0.1) is 0 Å². The second-order valence-corrected chi connectivity index (χ2v) is 5.65. The molecule has 0 unspecified atom stereocenters. The molecule has 0 aliphatic heterocycles. The molecule has 0 saturated heterocycles. The van der Waals surface area contributed by atoms with Crippen LogP contribution in [0.5, 0.6) is 0 Å². The summed E-state index contributed by atoms with van der Waals surface area (Å²) in [5.74, 6) is 1.34. The molecule has 3 nitrogen and oxygen atoms in total. The van der Waals surface area contributed by atoms with Gasteiger partial charge in [-0.1, -0.05) is 39.0 Å². The van der Waals surface area contributed by atoms with E-state index in [1.807, 2.05) is 43.3 Å². The molecule has 0 aliphatic rings. The van der Waals surface area contributed by atoms with Gasteiger partial charge >= 0.3 is 0 Å². The minimum absolute atomic E-state index is 0.101. The minimum Gasteiger partial charge on any atom is -0.465 e. The van der Waals surface area contributed by atoms with E-state index in [9.17, 15) is 4.79 Å². The Labute approximate surface area is 113 Å². The molecule has 1 heterocycles. The molecule has 1 amide bonds. The Morgan fingerprint density at radius 2 is 1.79 bits per heavy atom. The quantitative estimate of drug-likeness (QED) is 0.878. The number of aryl methyl sites for hydroxylation is 1. The Bertz CT molecular complexity index is 577. The third kappa shape index (κ3) is 3.05. The number of nitrogens with one attached hydrogen (secondary N) is 1. The fourth-order valence-corrected chi connectivity index (χ4v) is 1.80. The molecule has 19 heavy (non-hydrogen) atoms. The van der Waals surface area contributed by atoms with Gasteiger partial charge in [0.25, 0.3) is 5.91 Å². The van der Waals surface area contributed by atoms with E-state index >= 15 is 0 Å². The first-order valence-electron chi connectivity index (χ1n) is 6.35. The summed E-state index contributed by atoms with van der Waals surface area (Å²) in [5, 5.41) is 2.86. The number of carbonyl (C=O) groups excluding carboxylic acids is 1. The first-order chi connectivity index (χ1) is 8.88. The summed E-state index contributed by atoms with van der Waals surface area (Å²) < 4.78 is 5.68. The molecule has 3 heteroatoms. The third-order valence-electron chi connectivity index (χ3n) is 2.93. The van der Waals surface area contributed by atoms with Crippen molar-refractivity contribution in [2.75, 3.05) is 5.32 Å². The first kappa shape index (κ1) is 13.4. The van der Waals surface area contributed by atoms with Gasteiger partial charge in [0.2, 0.25) is 0 Å². The average molecular weight is 257 g/mol. The largest absolute Gasteiger partial charge is 0.465 e. The van der Waals surface area contributed by atoms with Crippen LogP contribution in [0.4, 0.5) is 5.69 Å². The summed E-state index contributed by atoms with van der Waals surface area (Å²) in [4.78, 5) is 12.2. The lowest BCUT2D eigenvalue weighted by Gasteiger charge is -2.13. The highest BCUT2D eigenvalue weighted by Crippen LogP contribution is 2.27. The van der Waals surface area contributed by atoms with Crippen LogP contribution < -0.4 is 5.32 Å². The molecular weight excluding hydrogens is 238 g/mol. The van der Waals surface area contributed by atoms with E-state index < -0.39 is 0 Å². The molecule has 0 atom stereocenters. The molecule has 2 aromatic rings. The Kier molecular flexibility index (Phi) is 3.47. The molecule has 0 aliphatic carbocycles. The van der Waals surface area contributed by atoms with Gasteiger partial charge in [-0.25, -0.2) is 0 Å². The van der Waals surface area contributed by atoms with Gasteiger partial charge in [0.15, 0.2) is 0 Å². The Hall–Kier alpha value is -2.03. The van der Waals surface area contributed by atoms with Crippen LogP contribution in [0.15, 0.2) is 40.8 Å². The van der Waals surface area contributed by atoms with Crippen LogP contribution in [0.2, 0.25) is 0 Å². The zero-order chi connectivity index (χ0) is 14.0. The second-order valence-electron chi connectivity index (χ2n) is 5.65. The van der Waals surface area contributed by atoms with Crippen molar-refractivity contribution < 1.29 is 9.21 Å². The predicted octanol–water partition coefficient (Wildman–Crippen LogP) is 4.14. The number of hydrogen-bond donors (Lipinski definition) is 1. The lowest BCUT2D eigenvalue weighted by Crippen LogP contribution is -2.12. The van der Waals surface area contributed by atoms with Gasteiger partial charge in [0.1, 0.15) is 11.5 Å². The van der Waals surface area contributed by atoms with Crippen molar-refractivity contribution >= 4 is 11.6 Å². The number of furan rings is 1. The number of carbonyl (C=O) groups is 1. The van der Waals surface area contributed by atoms with Crippen molar-refractivity contribution in [1.29, 1.82) is 0 Å². The fourth-order valence-electron chi connectivity index (χ4n) is 1.80. The topological polar surface area (TPSA) is 42.2 Å². The summed E-state index contributed by atoms with van der Waals surface area (Å²) in [6.07, 6.45) is 0. The molecule has 0 fully saturated rings. The SMILES string of the molecule is Cc1oc(C(C)(C)C)cc1C(=O)Nc1ccccc1. The molecular formula is C16H19NO2. The van der Waals surface area contributed by atoms with Crippen molar-refractivity contribution in [1.82, 2.24) is 0 Å². The van der Waals surface area contributed by atoms with E-state index in [1.165, 1.54) is 0 Å². The standard InChI is InChI=1S/C16H19NO2/c1-11-13(10-14(19-11)16(2,3)4)15(18)17-12-8-6-5-7-9-12/h5-10H,1-4H3,(H,17,18). The first-order valence-corrected chi connectivity index (χ1v) is 6.35. The highest BCUT2D eigenvalue weighted by Gasteiger charge is 2.23. The number of anilines is 1. The monoisotopic (exact) mass is 257 g/mol. The minimum atomic E-state index is -0.136.